The molecule has 0 aliphatic carbocycles. The number of hydrogen-bond acceptors (Lipinski definition) is 7. The molecule has 0 heterocycles. The Bertz CT molecular complexity index is 642. The Morgan fingerprint density at radius 1 is 0.657 bits per heavy atom. The van der Waals surface area contributed by atoms with E-state index in [1.165, 1.54) is 77.0 Å². The van der Waals surface area contributed by atoms with Gasteiger partial charge in [0.05, 0.1) is 13.2 Å². The van der Waals surface area contributed by atoms with Gasteiger partial charge in [-0.1, -0.05) is 111 Å². The fourth-order valence-electron chi connectivity index (χ4n) is 3.57. The summed E-state index contributed by atoms with van der Waals surface area (Å²) in [5, 5.41) is 0. The minimum atomic E-state index is -4.50. The molecule has 11 heteroatoms. The van der Waals surface area contributed by atoms with E-state index in [1.54, 1.807) is 0 Å². The zero-order chi connectivity index (χ0) is 26.3. The molecule has 1 N–H and O–H groups in total. The van der Waals surface area contributed by atoms with E-state index < -0.39 is 20.8 Å². The van der Waals surface area contributed by atoms with E-state index in [2.05, 4.69) is 29.1 Å². The van der Waals surface area contributed by atoms with E-state index >= 15 is 0 Å². The van der Waals surface area contributed by atoms with Crippen molar-refractivity contribution in [1.82, 2.24) is 0 Å². The first-order valence-electron chi connectivity index (χ1n) is 13.1. The Morgan fingerprint density at radius 2 is 1.06 bits per heavy atom. The molecule has 2 unspecified atom stereocenters. The molecular weight excluding hydrogens is 503 g/mol. The molecule has 0 radical (unpaired) electrons. The van der Waals surface area contributed by atoms with Crippen LogP contribution in [-0.4, -0.2) is 39.2 Å². The molecule has 0 aromatic heterocycles. The fourth-order valence-corrected chi connectivity index (χ4v) is 4.30. The van der Waals surface area contributed by atoms with E-state index in [9.17, 15) is 21.4 Å². The first kappa shape index (κ1) is 40.2. The largest absolute Gasteiger partial charge is 1.00 e. The van der Waals surface area contributed by atoms with Crippen molar-refractivity contribution in [2.75, 3.05) is 13.2 Å². The SMILES string of the molecule is CCCCCCC(C)CCCOS(=O)(=O)[O-].CCCCCCCCCCC(C)COS(=O)(=O)O.[Na+]. The Labute approximate surface area is 238 Å². The molecule has 0 fully saturated rings. The quantitative estimate of drug-likeness (QED) is 0.0925. The summed E-state index contributed by atoms with van der Waals surface area (Å²) in [5.74, 6) is 0.752. The standard InChI is InChI=1S/C13H28O4S.C11H24O4S.Na/c1-3-4-5-6-7-8-9-10-11-13(2)12-17-18(14,15)16;1-3-4-5-6-8-11(2)9-7-10-15-16(12,13)14;/h13H,3-12H2,1-2H3,(H,14,15,16);11H,3-10H2,1-2H3,(H,12,13,14);/q;;+1/p-1. The second kappa shape index (κ2) is 26.4. The van der Waals surface area contributed by atoms with Crippen LogP contribution in [0, 0.1) is 11.8 Å². The third kappa shape index (κ3) is 39.4. The van der Waals surface area contributed by atoms with Crippen LogP contribution in [0.15, 0.2) is 0 Å². The van der Waals surface area contributed by atoms with Gasteiger partial charge >= 0.3 is 40.0 Å². The summed E-state index contributed by atoms with van der Waals surface area (Å²) in [6.07, 6.45) is 18.8. The van der Waals surface area contributed by atoms with Crippen LogP contribution in [0.25, 0.3) is 0 Å². The monoisotopic (exact) mass is 554 g/mol. The summed E-state index contributed by atoms with van der Waals surface area (Å²) < 4.78 is 68.1. The molecule has 35 heavy (non-hydrogen) atoms. The summed E-state index contributed by atoms with van der Waals surface area (Å²) in [5.41, 5.74) is 0. The zero-order valence-corrected chi connectivity index (χ0v) is 26.6. The van der Waals surface area contributed by atoms with E-state index in [-0.39, 0.29) is 48.7 Å². The first-order valence-corrected chi connectivity index (χ1v) is 15.8. The van der Waals surface area contributed by atoms with Crippen LogP contribution in [0.4, 0.5) is 0 Å². The maximum Gasteiger partial charge on any atom is 1.00 e. The molecule has 2 atom stereocenters. The molecule has 8 nitrogen and oxygen atoms in total. The van der Waals surface area contributed by atoms with Gasteiger partial charge in [-0.2, -0.15) is 8.42 Å². The van der Waals surface area contributed by atoms with E-state index in [1.807, 2.05) is 6.92 Å². The van der Waals surface area contributed by atoms with Crippen molar-refractivity contribution in [1.29, 1.82) is 0 Å². The Kier molecular flexibility index (Phi) is 30.3. The van der Waals surface area contributed by atoms with Gasteiger partial charge in [-0.25, -0.2) is 12.6 Å². The van der Waals surface area contributed by atoms with Crippen LogP contribution in [0.1, 0.15) is 130 Å². The van der Waals surface area contributed by atoms with Crippen LogP contribution >= 0.6 is 0 Å². The van der Waals surface area contributed by atoms with Crippen molar-refractivity contribution >= 4 is 20.8 Å². The average molecular weight is 555 g/mol. The predicted molar refractivity (Wildman–Crippen MR) is 137 cm³/mol. The zero-order valence-electron chi connectivity index (χ0n) is 23.0. The second-order valence-corrected chi connectivity index (χ2v) is 11.6. The van der Waals surface area contributed by atoms with Crippen molar-refractivity contribution in [3.63, 3.8) is 0 Å². The van der Waals surface area contributed by atoms with Crippen LogP contribution in [0.2, 0.25) is 0 Å². The van der Waals surface area contributed by atoms with Crippen molar-refractivity contribution in [3.05, 3.63) is 0 Å². The van der Waals surface area contributed by atoms with E-state index in [0.29, 0.717) is 12.3 Å². The molecular formula is C24H51NaO8S2. The average Bonchev–Trinajstić information content (AvgIpc) is 2.74. The van der Waals surface area contributed by atoms with Gasteiger partial charge in [0.1, 0.15) is 0 Å². The van der Waals surface area contributed by atoms with Gasteiger partial charge < -0.3 is 4.55 Å². The first-order chi connectivity index (χ1) is 15.9. The van der Waals surface area contributed by atoms with Gasteiger partial charge in [0, 0.05) is 0 Å². The maximum atomic E-state index is 10.4. The van der Waals surface area contributed by atoms with Gasteiger partial charge in [0.15, 0.2) is 0 Å². The maximum absolute atomic E-state index is 10.4. The van der Waals surface area contributed by atoms with Crippen molar-refractivity contribution < 1.29 is 63.9 Å². The molecule has 0 spiro atoms. The van der Waals surface area contributed by atoms with Crippen LogP contribution in [0.5, 0.6) is 0 Å². The van der Waals surface area contributed by atoms with Gasteiger partial charge in [-0.05, 0) is 31.1 Å². The van der Waals surface area contributed by atoms with Gasteiger partial charge in [0.2, 0.25) is 10.4 Å². The van der Waals surface area contributed by atoms with Crippen LogP contribution in [-0.2, 0) is 29.2 Å². The molecule has 0 aromatic rings. The third-order valence-electron chi connectivity index (χ3n) is 5.67. The molecule has 208 valence electrons. The molecule has 0 aromatic carbocycles. The molecule has 0 amide bonds. The molecule has 0 bridgehead atoms. The predicted octanol–water partition coefficient (Wildman–Crippen LogP) is 3.83. The fraction of sp³-hybridized carbons (Fsp3) is 1.00. The van der Waals surface area contributed by atoms with Gasteiger partial charge in [-0.3, -0.25) is 8.74 Å². The van der Waals surface area contributed by atoms with Crippen LogP contribution < -0.4 is 29.6 Å². The molecule has 0 aliphatic rings. The smallest absolute Gasteiger partial charge is 0.726 e. The van der Waals surface area contributed by atoms with Gasteiger partial charge in [-0.15, -0.1) is 0 Å². The molecule has 0 saturated carbocycles. The second-order valence-electron chi connectivity index (χ2n) is 9.41. The topological polar surface area (TPSA) is 130 Å². The Balaban J connectivity index is -0.000000573. The minimum absolute atomic E-state index is 0. The molecule has 0 aliphatic heterocycles. The van der Waals surface area contributed by atoms with Crippen molar-refractivity contribution in [3.8, 4) is 0 Å². The van der Waals surface area contributed by atoms with Crippen molar-refractivity contribution in [2.24, 2.45) is 11.8 Å². The summed E-state index contributed by atoms with van der Waals surface area (Å²) in [6.45, 7) is 8.59. The minimum Gasteiger partial charge on any atom is -0.726 e. The van der Waals surface area contributed by atoms with E-state index in [0.717, 1.165) is 19.3 Å². The Hall–Kier alpha value is 0.740. The van der Waals surface area contributed by atoms with Crippen LogP contribution in [0.3, 0.4) is 0 Å². The summed E-state index contributed by atoms with van der Waals surface area (Å²) in [6, 6.07) is 0. The molecule has 0 saturated heterocycles. The summed E-state index contributed by atoms with van der Waals surface area (Å²) in [7, 11) is -8.76. The Morgan fingerprint density at radius 3 is 1.51 bits per heavy atom. The molecule has 0 rings (SSSR count). The van der Waals surface area contributed by atoms with E-state index in [4.69, 9.17) is 4.55 Å². The third-order valence-corrected chi connectivity index (χ3v) is 6.56. The summed E-state index contributed by atoms with van der Waals surface area (Å²) >= 11 is 0. The number of unbranched alkanes of at least 4 members (excludes halogenated alkanes) is 10. The van der Waals surface area contributed by atoms with Crippen molar-refractivity contribution in [2.45, 2.75) is 130 Å². The normalized spacial score (nSPS) is 13.4. The number of hydrogen-bond donors (Lipinski definition) is 1. The number of rotatable bonds is 22. The summed E-state index contributed by atoms with van der Waals surface area (Å²) in [4.78, 5) is 0. The van der Waals surface area contributed by atoms with Gasteiger partial charge in [0.25, 0.3) is 0 Å².